The molecule has 1 unspecified atom stereocenters. The number of rotatable bonds is 9. The van der Waals surface area contributed by atoms with E-state index in [0.29, 0.717) is 11.5 Å². The molecule has 4 heterocycles. The third kappa shape index (κ3) is 10.0. The zero-order chi connectivity index (χ0) is 52.1. The van der Waals surface area contributed by atoms with E-state index in [1.54, 1.807) is 11.3 Å². The van der Waals surface area contributed by atoms with Crippen LogP contribution >= 0.6 is 11.3 Å². The maximum absolute atomic E-state index is 14.4. The van der Waals surface area contributed by atoms with Gasteiger partial charge in [-0.1, -0.05) is 132 Å². The first kappa shape index (κ1) is 51.8. The minimum Gasteiger partial charge on any atom is -0.661 e. The molecule has 1 aliphatic rings. The van der Waals surface area contributed by atoms with E-state index < -0.39 is 13.3 Å². The summed E-state index contributed by atoms with van der Waals surface area (Å²) in [5.41, 5.74) is 14.6. The summed E-state index contributed by atoms with van der Waals surface area (Å²) in [7, 11) is 0. The average molecular weight is 1260 g/mol. The van der Waals surface area contributed by atoms with Gasteiger partial charge in [-0.05, 0) is 63.5 Å². The van der Waals surface area contributed by atoms with Crippen LogP contribution in [0.3, 0.4) is 0 Å². The summed E-state index contributed by atoms with van der Waals surface area (Å²) in [6, 6.07) is 76.2. The van der Waals surface area contributed by atoms with Gasteiger partial charge in [0.1, 0.15) is 4.83 Å². The summed E-state index contributed by atoms with van der Waals surface area (Å²) in [5.74, 6) is 7.53. The number of aromatic nitrogens is 2. The van der Waals surface area contributed by atoms with Crippen LogP contribution < -0.4 is 9.30 Å². The van der Waals surface area contributed by atoms with Crippen molar-refractivity contribution >= 4 is 87.9 Å². The van der Waals surface area contributed by atoms with Gasteiger partial charge >= 0.3 is 185 Å². The predicted molar refractivity (Wildman–Crippen MR) is 323 cm³/mol. The Bertz CT molecular complexity index is 4120. The van der Waals surface area contributed by atoms with Gasteiger partial charge in [0.25, 0.3) is 0 Å². The van der Waals surface area contributed by atoms with Crippen molar-refractivity contribution < 1.29 is 24.5 Å². The van der Waals surface area contributed by atoms with Gasteiger partial charge in [0.2, 0.25) is 0 Å². The number of hydrogen-bond donors (Lipinski definition) is 0. The van der Waals surface area contributed by atoms with Crippen molar-refractivity contribution in [3.63, 3.8) is 0 Å². The zero-order valence-corrected chi connectivity index (χ0v) is 49.2. The van der Waals surface area contributed by atoms with Gasteiger partial charge in [-0.25, -0.2) is 4.98 Å². The fourth-order valence-corrected chi connectivity index (χ4v) is 15.5. The Balaban J connectivity index is 0.000000192. The molecule has 0 saturated carbocycles. The Morgan fingerprint density at radius 1 is 0.636 bits per heavy atom. The number of anilines is 2. The topological polar surface area (TPSA) is 43.1 Å². The second kappa shape index (κ2) is 21.6. The third-order valence-corrected chi connectivity index (χ3v) is 20.0. The summed E-state index contributed by atoms with van der Waals surface area (Å²) < 4.78 is 17.0. The van der Waals surface area contributed by atoms with Gasteiger partial charge in [-0.2, -0.15) is 29.5 Å². The number of aryl methyl sites for hydroxylation is 1. The Kier molecular flexibility index (Phi) is 14.6. The minimum atomic E-state index is -2.00. The molecular formula is C69H56FGeIrN4S. The van der Waals surface area contributed by atoms with E-state index in [9.17, 15) is 4.39 Å². The smallest absolute Gasteiger partial charge is 0.661 e. The van der Waals surface area contributed by atoms with Gasteiger partial charge < -0.3 is 10.2 Å². The van der Waals surface area contributed by atoms with E-state index in [1.165, 1.54) is 53.2 Å². The first-order valence-electron chi connectivity index (χ1n) is 26.1. The van der Waals surface area contributed by atoms with E-state index in [2.05, 4.69) is 219 Å². The number of nitrogens with zero attached hydrogens (tertiary/aromatic N) is 4. The largest absolute Gasteiger partial charge is 3.00 e. The predicted octanol–water partition coefficient (Wildman–Crippen LogP) is 19.2. The third-order valence-electron chi connectivity index (χ3n) is 14.5. The molecule has 13 rings (SSSR count). The molecule has 0 radical (unpaired) electrons. The van der Waals surface area contributed by atoms with Crippen LogP contribution in [0.25, 0.3) is 91.8 Å². The molecule has 4 nitrogen and oxygen atoms in total. The maximum atomic E-state index is 14.4. The molecule has 12 aromatic rings. The summed E-state index contributed by atoms with van der Waals surface area (Å²) in [6.07, 6.45) is 2.75. The molecule has 77 heavy (non-hydrogen) atoms. The molecule has 0 bridgehead atoms. The molecule has 0 saturated heterocycles. The number of benzene rings is 9. The van der Waals surface area contributed by atoms with E-state index in [4.69, 9.17) is 15.3 Å². The van der Waals surface area contributed by atoms with Crippen molar-refractivity contribution in [1.29, 1.82) is 0 Å². The van der Waals surface area contributed by atoms with Crippen LogP contribution in [0.5, 0.6) is 0 Å². The number of hydrogen-bond acceptors (Lipinski definition) is 4. The first-order valence-corrected chi connectivity index (χ1v) is 34.3. The quantitative estimate of drug-likeness (QED) is 0.0822. The number of thiophene rings is 1. The normalized spacial score (nSPS) is 13.1. The van der Waals surface area contributed by atoms with Gasteiger partial charge in [0, 0.05) is 28.0 Å². The first-order chi connectivity index (χ1) is 37.0. The molecule has 0 amide bonds. The van der Waals surface area contributed by atoms with Crippen molar-refractivity contribution in [3.05, 3.63) is 246 Å². The van der Waals surface area contributed by atoms with Crippen LogP contribution in [0.1, 0.15) is 36.8 Å². The van der Waals surface area contributed by atoms with Crippen molar-refractivity contribution in [1.82, 2.24) is 9.97 Å². The maximum Gasteiger partial charge on any atom is 3.00 e. The fourth-order valence-electron chi connectivity index (χ4n) is 10.9. The van der Waals surface area contributed by atoms with Gasteiger partial charge in [-0.15, -0.1) is 16.6 Å². The number of halogens is 1. The van der Waals surface area contributed by atoms with Gasteiger partial charge in [0.05, 0.1) is 0 Å². The molecule has 0 aliphatic carbocycles. The van der Waals surface area contributed by atoms with Crippen LogP contribution in [0.15, 0.2) is 206 Å². The van der Waals surface area contributed by atoms with Crippen LogP contribution in [-0.4, -0.2) is 23.2 Å². The van der Waals surface area contributed by atoms with Crippen LogP contribution in [0.4, 0.5) is 21.5 Å². The number of fused-ring (bicyclic) bond motifs is 9. The fraction of sp³-hybridized carbons (Fsp3) is 0.130. The summed E-state index contributed by atoms with van der Waals surface area (Å²) >= 11 is -0.259. The van der Waals surface area contributed by atoms with Gasteiger partial charge in [-0.3, -0.25) is 0 Å². The standard InChI is InChI=1S/C45H29N3S.C24H27FGeN.Ir/c1-28-23-25-38-37-21-12-22-39(43(37)49-45(38)46-28)44-47-41-35-19-10-8-17-33(35)34-18-9-11-20-36(34)42(41)48(44)40-27-31(29-13-4-2-5-14-29)24-26-32(40)30-15-6-3-7-16-30;1-17(2)13-20-15-24(27-16-23(20)26(3,4)5)19-11-12-22(25)21(14-19)18-9-7-6-8-10-18;/h2-21,23-27,44H,1H3;6-10,12,14-17H,13H2,1-5H3;/q-2;-1;+3. The second-order valence-corrected chi connectivity index (χ2v) is 32.8. The van der Waals surface area contributed by atoms with Crippen molar-refractivity contribution in [2.45, 2.75) is 50.6 Å². The molecule has 378 valence electrons. The van der Waals surface area contributed by atoms with E-state index >= 15 is 0 Å². The molecule has 0 fully saturated rings. The van der Waals surface area contributed by atoms with Crippen LogP contribution in [0.2, 0.25) is 17.3 Å². The molecule has 1 atom stereocenters. The molecule has 9 aromatic carbocycles. The summed E-state index contributed by atoms with van der Waals surface area (Å²) in [4.78, 5) is 13.2. The average Bonchev–Trinajstić information content (AvgIpc) is 4.27. The Hall–Kier alpha value is -7.26. The van der Waals surface area contributed by atoms with Crippen molar-refractivity contribution in [2.75, 3.05) is 4.90 Å². The molecule has 0 N–H and O–H groups in total. The zero-order valence-electron chi connectivity index (χ0n) is 43.9. The van der Waals surface area contributed by atoms with Crippen molar-refractivity contribution in [3.8, 4) is 44.6 Å². The molecular weight excluding hydrogens is 1200 g/mol. The molecule has 3 aromatic heterocycles. The Morgan fingerprint density at radius 2 is 1.26 bits per heavy atom. The van der Waals surface area contributed by atoms with E-state index in [-0.39, 0.29) is 32.1 Å². The van der Waals surface area contributed by atoms with Crippen molar-refractivity contribution in [2.24, 2.45) is 5.92 Å². The molecule has 1 aliphatic heterocycles. The monoisotopic (exact) mass is 1260 g/mol. The van der Waals surface area contributed by atoms with E-state index in [1.807, 2.05) is 36.4 Å². The van der Waals surface area contributed by atoms with Gasteiger partial charge in [0.15, 0.2) is 0 Å². The second-order valence-electron chi connectivity index (χ2n) is 21.2. The van der Waals surface area contributed by atoms with Crippen LogP contribution in [0, 0.1) is 30.8 Å². The minimum absolute atomic E-state index is 0. The molecule has 8 heteroatoms. The Labute approximate surface area is 471 Å². The summed E-state index contributed by atoms with van der Waals surface area (Å²) in [5, 5.41) is 12.9. The summed E-state index contributed by atoms with van der Waals surface area (Å²) in [6.45, 7) is 6.55. The SMILES string of the molecule is CC(C)Cc1cc(-c2[c-]cc(F)c(-c3ccccc3)c2)nc[c]1[Ge]([CH3])([CH3])[CH3].Cc1ccc2c(n1)sc1c(C3[N-]c4c(c5ccccc5c5ccccc45)N3c3cc(-c4ccccc4)ccc3-c3ccccc3)[c-]ccc12.[Ir+3]. The van der Waals surface area contributed by atoms with E-state index in [0.717, 1.165) is 78.5 Å². The Morgan fingerprint density at radius 3 is 1.94 bits per heavy atom. The van der Waals surface area contributed by atoms with Crippen LogP contribution in [-0.2, 0) is 26.5 Å². The number of pyridine rings is 2. The molecule has 0 spiro atoms.